The molecule has 128 valence electrons. The first-order chi connectivity index (χ1) is 11.4. The van der Waals surface area contributed by atoms with E-state index in [0.29, 0.717) is 6.42 Å². The quantitative estimate of drug-likeness (QED) is 0.825. The number of ketones is 1. The summed E-state index contributed by atoms with van der Waals surface area (Å²) in [6.45, 7) is 5.35. The Balaban J connectivity index is 2.01. The molecule has 10 nitrogen and oxygen atoms in total. The zero-order valence-electron chi connectivity index (χ0n) is 13.6. The predicted octanol–water partition coefficient (Wildman–Crippen LogP) is 0.376. The second kappa shape index (κ2) is 6.11. The van der Waals surface area contributed by atoms with Crippen LogP contribution in [0.2, 0.25) is 0 Å². The number of nitrogens with one attached hydrogen (secondary N) is 2. The third kappa shape index (κ3) is 2.80. The molecule has 1 fully saturated rings. The second-order valence-corrected chi connectivity index (χ2v) is 5.95. The number of fused-ring (bicyclic) bond motifs is 1. The van der Waals surface area contributed by atoms with E-state index in [1.165, 1.54) is 4.68 Å². The summed E-state index contributed by atoms with van der Waals surface area (Å²) in [6.07, 6.45) is -0.173. The Labute approximate surface area is 136 Å². The Morgan fingerprint density at radius 2 is 2.21 bits per heavy atom. The molecule has 3 rings (SSSR count). The van der Waals surface area contributed by atoms with E-state index in [1.807, 2.05) is 6.92 Å². The SMILES string of the molecule is CC[C@@H]1CC(=O)[C@H](n2nnc3c(=O)[nH]c(NC(=O)C(C)C)nc32)O1. The summed E-state index contributed by atoms with van der Waals surface area (Å²) in [5.41, 5.74) is -0.482. The van der Waals surface area contributed by atoms with Gasteiger partial charge in [-0.15, -0.1) is 5.10 Å². The second-order valence-electron chi connectivity index (χ2n) is 5.95. The molecule has 0 aliphatic carbocycles. The number of aromatic amines is 1. The lowest BCUT2D eigenvalue weighted by Gasteiger charge is -2.11. The smallest absolute Gasteiger partial charge is 0.282 e. The van der Waals surface area contributed by atoms with Gasteiger partial charge in [0.15, 0.2) is 16.9 Å². The van der Waals surface area contributed by atoms with Crippen molar-refractivity contribution in [3.05, 3.63) is 10.4 Å². The van der Waals surface area contributed by atoms with Gasteiger partial charge in [-0.05, 0) is 6.42 Å². The number of Topliss-reactive ketones (excluding diaryl/α,β-unsaturated/α-hetero) is 1. The van der Waals surface area contributed by atoms with E-state index in [4.69, 9.17) is 4.74 Å². The fraction of sp³-hybridized carbons (Fsp3) is 0.571. The van der Waals surface area contributed by atoms with Gasteiger partial charge in [0.2, 0.25) is 18.1 Å². The molecular formula is C14H18N6O4. The number of amides is 1. The van der Waals surface area contributed by atoms with Crippen molar-refractivity contribution in [3.63, 3.8) is 0 Å². The minimum Gasteiger partial charge on any atom is -0.346 e. The number of aromatic nitrogens is 5. The van der Waals surface area contributed by atoms with Crippen molar-refractivity contribution in [2.24, 2.45) is 5.92 Å². The Kier molecular flexibility index (Phi) is 4.14. The molecule has 2 atom stereocenters. The summed E-state index contributed by atoms with van der Waals surface area (Å²) in [6, 6.07) is 0. The molecule has 1 aliphatic rings. The van der Waals surface area contributed by atoms with E-state index in [-0.39, 0.29) is 47.2 Å². The first kappa shape index (κ1) is 16.2. The van der Waals surface area contributed by atoms with Gasteiger partial charge in [0.1, 0.15) is 0 Å². The monoisotopic (exact) mass is 334 g/mol. The average Bonchev–Trinajstić information content (AvgIpc) is 3.10. The maximum Gasteiger partial charge on any atom is 0.282 e. The van der Waals surface area contributed by atoms with Crippen LogP contribution in [0.15, 0.2) is 4.79 Å². The van der Waals surface area contributed by atoms with Crippen LogP contribution in [0, 0.1) is 5.92 Å². The highest BCUT2D eigenvalue weighted by atomic mass is 16.5. The van der Waals surface area contributed by atoms with Gasteiger partial charge in [0, 0.05) is 12.3 Å². The summed E-state index contributed by atoms with van der Waals surface area (Å²) in [4.78, 5) is 42.6. The van der Waals surface area contributed by atoms with Crippen molar-refractivity contribution in [2.45, 2.75) is 45.9 Å². The highest BCUT2D eigenvalue weighted by Crippen LogP contribution is 2.27. The molecule has 24 heavy (non-hydrogen) atoms. The van der Waals surface area contributed by atoms with Gasteiger partial charge in [-0.1, -0.05) is 26.0 Å². The number of H-pyrrole nitrogens is 1. The predicted molar refractivity (Wildman–Crippen MR) is 83.2 cm³/mol. The Morgan fingerprint density at radius 3 is 2.83 bits per heavy atom. The van der Waals surface area contributed by atoms with E-state index in [9.17, 15) is 14.4 Å². The minimum absolute atomic E-state index is 0.0195. The Bertz CT molecular complexity index is 855. The van der Waals surface area contributed by atoms with Crippen LogP contribution in [0.25, 0.3) is 11.2 Å². The van der Waals surface area contributed by atoms with Crippen LogP contribution >= 0.6 is 0 Å². The molecule has 0 bridgehead atoms. The Morgan fingerprint density at radius 1 is 1.46 bits per heavy atom. The number of hydrogen-bond donors (Lipinski definition) is 2. The molecule has 0 saturated carbocycles. The van der Waals surface area contributed by atoms with Crippen LogP contribution in [0.3, 0.4) is 0 Å². The van der Waals surface area contributed by atoms with Gasteiger partial charge >= 0.3 is 0 Å². The van der Waals surface area contributed by atoms with Crippen LogP contribution in [0.1, 0.15) is 39.8 Å². The first-order valence-electron chi connectivity index (χ1n) is 7.75. The van der Waals surface area contributed by atoms with E-state index in [2.05, 4.69) is 25.6 Å². The molecule has 2 aromatic rings. The average molecular weight is 334 g/mol. The van der Waals surface area contributed by atoms with E-state index in [1.54, 1.807) is 13.8 Å². The van der Waals surface area contributed by atoms with Crippen LogP contribution in [0.5, 0.6) is 0 Å². The minimum atomic E-state index is -0.956. The molecule has 1 saturated heterocycles. The van der Waals surface area contributed by atoms with Gasteiger partial charge in [0.25, 0.3) is 5.56 Å². The molecule has 1 amide bonds. The molecule has 0 aromatic carbocycles. The van der Waals surface area contributed by atoms with Gasteiger partial charge in [-0.3, -0.25) is 24.7 Å². The first-order valence-corrected chi connectivity index (χ1v) is 7.75. The van der Waals surface area contributed by atoms with E-state index in [0.717, 1.165) is 0 Å². The molecule has 1 aliphatic heterocycles. The number of nitrogens with zero attached hydrogens (tertiary/aromatic N) is 4. The zero-order valence-corrected chi connectivity index (χ0v) is 13.6. The third-order valence-corrected chi connectivity index (χ3v) is 3.80. The summed E-state index contributed by atoms with van der Waals surface area (Å²) in [7, 11) is 0. The van der Waals surface area contributed by atoms with Crippen molar-refractivity contribution in [2.75, 3.05) is 5.32 Å². The maximum atomic E-state index is 12.1. The highest BCUT2D eigenvalue weighted by Gasteiger charge is 2.36. The van der Waals surface area contributed by atoms with Crippen molar-refractivity contribution < 1.29 is 14.3 Å². The Hall–Kier alpha value is -2.62. The normalized spacial score (nSPS) is 20.9. The van der Waals surface area contributed by atoms with Crippen molar-refractivity contribution in [1.29, 1.82) is 0 Å². The number of carbonyl (C=O) groups is 2. The fourth-order valence-electron chi connectivity index (χ4n) is 2.38. The van der Waals surface area contributed by atoms with E-state index < -0.39 is 11.8 Å². The summed E-state index contributed by atoms with van der Waals surface area (Å²) >= 11 is 0. The van der Waals surface area contributed by atoms with Gasteiger partial charge in [-0.25, -0.2) is 0 Å². The lowest BCUT2D eigenvalue weighted by Crippen LogP contribution is -2.23. The number of anilines is 1. The summed E-state index contributed by atoms with van der Waals surface area (Å²) in [5, 5.41) is 10.1. The van der Waals surface area contributed by atoms with Crippen LogP contribution in [0.4, 0.5) is 5.95 Å². The van der Waals surface area contributed by atoms with Crippen LogP contribution < -0.4 is 10.9 Å². The molecule has 0 spiro atoms. The van der Waals surface area contributed by atoms with Gasteiger partial charge < -0.3 is 4.74 Å². The zero-order chi connectivity index (χ0) is 17.4. The molecule has 2 aromatic heterocycles. The fourth-order valence-corrected chi connectivity index (χ4v) is 2.38. The topological polar surface area (TPSA) is 132 Å². The largest absolute Gasteiger partial charge is 0.346 e. The lowest BCUT2D eigenvalue weighted by atomic mass is 10.2. The molecule has 0 radical (unpaired) electrons. The van der Waals surface area contributed by atoms with Gasteiger partial charge in [0.05, 0.1) is 6.10 Å². The molecule has 10 heteroatoms. The van der Waals surface area contributed by atoms with Crippen LogP contribution in [-0.4, -0.2) is 42.8 Å². The molecule has 0 unspecified atom stereocenters. The van der Waals surface area contributed by atoms with Crippen molar-refractivity contribution in [1.82, 2.24) is 25.0 Å². The lowest BCUT2D eigenvalue weighted by molar-refractivity contribution is -0.127. The maximum absolute atomic E-state index is 12.1. The van der Waals surface area contributed by atoms with E-state index >= 15 is 0 Å². The van der Waals surface area contributed by atoms with Gasteiger partial charge in [-0.2, -0.15) is 9.67 Å². The van der Waals surface area contributed by atoms with Crippen LogP contribution in [-0.2, 0) is 14.3 Å². The standard InChI is InChI=1S/C14H18N6O4/c1-4-7-5-8(21)13(24-7)20-10-9(18-19-20)12(23)17-14(15-10)16-11(22)6(2)3/h6-7,13H,4-5H2,1-3H3,(H2,15,16,17,22,23)/t7-,13-/m1/s1. The highest BCUT2D eigenvalue weighted by molar-refractivity contribution is 5.91. The number of ether oxygens (including phenoxy) is 1. The molecule has 3 heterocycles. The molecule has 2 N–H and O–H groups in total. The molecular weight excluding hydrogens is 316 g/mol. The number of hydrogen-bond acceptors (Lipinski definition) is 7. The third-order valence-electron chi connectivity index (χ3n) is 3.80. The summed E-state index contributed by atoms with van der Waals surface area (Å²) < 4.78 is 6.83. The number of carbonyl (C=O) groups excluding carboxylic acids is 2. The summed E-state index contributed by atoms with van der Waals surface area (Å²) in [5.74, 6) is -0.745. The van der Waals surface area contributed by atoms with Crippen molar-refractivity contribution in [3.8, 4) is 0 Å². The van der Waals surface area contributed by atoms with Crippen molar-refractivity contribution >= 4 is 28.8 Å². The number of rotatable bonds is 4.